The third-order valence-electron chi connectivity index (χ3n) is 8.32. The highest BCUT2D eigenvalue weighted by Crippen LogP contribution is 2.41. The lowest BCUT2D eigenvalue weighted by Crippen LogP contribution is -2.42. The predicted octanol–water partition coefficient (Wildman–Crippen LogP) is 5.49. The highest BCUT2D eigenvalue weighted by atomic mass is 32.1. The Morgan fingerprint density at radius 3 is 2.50 bits per heavy atom. The molecule has 3 heterocycles. The zero-order chi connectivity index (χ0) is 26.8. The second-order valence-electron chi connectivity index (χ2n) is 10.9. The van der Waals surface area contributed by atoms with Crippen molar-refractivity contribution in [1.29, 1.82) is 0 Å². The number of amides is 1. The van der Waals surface area contributed by atoms with Crippen LogP contribution in [0.4, 0.5) is 5.00 Å². The largest absolute Gasteiger partial charge is 0.361 e. The number of hydrogen-bond donors (Lipinski definition) is 2. The Labute approximate surface area is 230 Å². The minimum absolute atomic E-state index is 0.0653. The molecule has 0 saturated heterocycles. The van der Waals surface area contributed by atoms with E-state index in [0.29, 0.717) is 30.7 Å². The van der Waals surface area contributed by atoms with E-state index in [4.69, 9.17) is 0 Å². The molecule has 2 aliphatic rings. The second kappa shape index (κ2) is 11.5. The number of carbonyl (C=O) groups is 1. The third kappa shape index (κ3) is 5.45. The van der Waals surface area contributed by atoms with Crippen molar-refractivity contribution in [3.05, 3.63) is 85.1 Å². The van der Waals surface area contributed by atoms with Crippen LogP contribution in [0, 0.1) is 20.8 Å². The molecule has 1 aliphatic carbocycles. The van der Waals surface area contributed by atoms with Crippen LogP contribution in [0.3, 0.4) is 0 Å². The van der Waals surface area contributed by atoms with E-state index in [9.17, 15) is 9.59 Å². The smallest absolute Gasteiger partial charge is 0.255 e. The van der Waals surface area contributed by atoms with E-state index in [1.165, 1.54) is 28.3 Å². The molecule has 2 N–H and O–H groups in total. The van der Waals surface area contributed by atoms with E-state index in [-0.39, 0.29) is 11.5 Å². The van der Waals surface area contributed by atoms with Crippen LogP contribution in [-0.4, -0.2) is 41.0 Å². The van der Waals surface area contributed by atoms with Gasteiger partial charge in [0.1, 0.15) is 0 Å². The molecule has 202 valence electrons. The maximum Gasteiger partial charge on any atom is 0.255 e. The summed E-state index contributed by atoms with van der Waals surface area (Å²) in [5.41, 5.74) is 5.71. The number of nitrogens with one attached hydrogen (secondary N) is 2. The number of anilines is 1. The molecular weight excluding hydrogens is 492 g/mol. The number of pyridine rings is 1. The predicted molar refractivity (Wildman–Crippen MR) is 156 cm³/mol. The van der Waals surface area contributed by atoms with Crippen molar-refractivity contribution in [3.8, 4) is 0 Å². The van der Waals surface area contributed by atoms with Gasteiger partial charge in [-0.3, -0.25) is 9.59 Å². The van der Waals surface area contributed by atoms with Crippen molar-refractivity contribution in [3.63, 3.8) is 0 Å². The summed E-state index contributed by atoms with van der Waals surface area (Å²) < 4.78 is 0. The number of aromatic nitrogens is 1. The Hall–Kier alpha value is -2.90. The monoisotopic (exact) mass is 532 g/mol. The average molecular weight is 533 g/mol. The van der Waals surface area contributed by atoms with Gasteiger partial charge in [-0.15, -0.1) is 11.3 Å². The number of aromatic amines is 1. The summed E-state index contributed by atoms with van der Waals surface area (Å²) >= 11 is 1.81. The minimum Gasteiger partial charge on any atom is -0.361 e. The van der Waals surface area contributed by atoms with E-state index in [1.807, 2.05) is 36.2 Å². The molecule has 1 saturated carbocycles. The molecule has 1 fully saturated rings. The first-order valence-electron chi connectivity index (χ1n) is 14.0. The first kappa shape index (κ1) is 26.7. The van der Waals surface area contributed by atoms with Gasteiger partial charge in [0.2, 0.25) is 0 Å². The maximum absolute atomic E-state index is 13.7. The van der Waals surface area contributed by atoms with Crippen LogP contribution in [0.1, 0.15) is 75.8 Å². The molecule has 7 heteroatoms. The summed E-state index contributed by atoms with van der Waals surface area (Å²) in [5, 5.41) is 5.02. The van der Waals surface area contributed by atoms with Gasteiger partial charge in [-0.2, -0.15) is 0 Å². The van der Waals surface area contributed by atoms with E-state index >= 15 is 0 Å². The van der Waals surface area contributed by atoms with E-state index in [1.54, 1.807) is 0 Å². The first-order valence-corrected chi connectivity index (χ1v) is 14.8. The molecule has 0 unspecified atom stereocenters. The lowest BCUT2D eigenvalue weighted by Gasteiger charge is -2.38. The maximum atomic E-state index is 13.7. The Balaban J connectivity index is 1.26. The number of hydrogen-bond acceptors (Lipinski definition) is 5. The van der Waals surface area contributed by atoms with Crippen LogP contribution in [0.15, 0.2) is 41.2 Å². The van der Waals surface area contributed by atoms with Crippen molar-refractivity contribution >= 4 is 22.2 Å². The van der Waals surface area contributed by atoms with Gasteiger partial charge in [0.15, 0.2) is 0 Å². The second-order valence-corrected chi connectivity index (χ2v) is 12.0. The molecule has 5 rings (SSSR count). The van der Waals surface area contributed by atoms with Gasteiger partial charge in [0.05, 0.1) is 17.1 Å². The summed E-state index contributed by atoms with van der Waals surface area (Å²) in [6, 6.07) is 13.7. The zero-order valence-corrected chi connectivity index (χ0v) is 23.9. The summed E-state index contributed by atoms with van der Waals surface area (Å²) in [6.45, 7) is 11.1. The Morgan fingerprint density at radius 2 is 1.82 bits per heavy atom. The van der Waals surface area contributed by atoms with Gasteiger partial charge in [0, 0.05) is 54.3 Å². The quantitative estimate of drug-likeness (QED) is 0.403. The number of H-pyrrole nitrogens is 1. The van der Waals surface area contributed by atoms with Crippen molar-refractivity contribution in [2.75, 3.05) is 18.0 Å². The molecule has 1 amide bonds. The molecule has 2 aromatic heterocycles. The standard InChI is InChI=1S/C31H40N4O2S/c1-5-35(25-13-11-24(12-14-25)32-18-23-9-7-6-8-10-23)31-22(4)28-27(38-31)15-16-34(30(28)37)19-26-20(2)17-21(3)33-29(26)36/h6-10,17,24-25,32H,5,11-16,18-19H2,1-4H3,(H,33,36). The molecule has 0 spiro atoms. The topological polar surface area (TPSA) is 68.4 Å². The normalized spacial score (nSPS) is 19.5. The van der Waals surface area contributed by atoms with E-state index < -0.39 is 0 Å². The van der Waals surface area contributed by atoms with Gasteiger partial charge in [-0.05, 0) is 76.1 Å². The van der Waals surface area contributed by atoms with E-state index in [2.05, 4.69) is 59.4 Å². The zero-order valence-electron chi connectivity index (χ0n) is 23.1. The van der Waals surface area contributed by atoms with Crippen molar-refractivity contribution in [2.24, 2.45) is 0 Å². The van der Waals surface area contributed by atoms with Crippen LogP contribution in [-0.2, 0) is 19.5 Å². The molecule has 3 aromatic rings. The highest BCUT2D eigenvalue weighted by molar-refractivity contribution is 7.16. The Bertz CT molecular complexity index is 1340. The fraction of sp³-hybridized carbons (Fsp3) is 0.484. The summed E-state index contributed by atoms with van der Waals surface area (Å²) in [6.07, 6.45) is 5.53. The van der Waals surface area contributed by atoms with Crippen LogP contribution in [0.5, 0.6) is 0 Å². The molecule has 0 atom stereocenters. The minimum atomic E-state index is -0.0881. The van der Waals surface area contributed by atoms with E-state index in [0.717, 1.165) is 54.7 Å². The fourth-order valence-electron chi connectivity index (χ4n) is 6.22. The summed E-state index contributed by atoms with van der Waals surface area (Å²) in [5.74, 6) is 0.0653. The molecule has 0 bridgehead atoms. The van der Waals surface area contributed by atoms with Crippen molar-refractivity contribution in [2.45, 2.75) is 85.0 Å². The van der Waals surface area contributed by atoms with Gasteiger partial charge < -0.3 is 20.1 Å². The van der Waals surface area contributed by atoms with Crippen LogP contribution in [0.25, 0.3) is 0 Å². The average Bonchev–Trinajstić information content (AvgIpc) is 3.24. The molecule has 38 heavy (non-hydrogen) atoms. The third-order valence-corrected chi connectivity index (χ3v) is 9.71. The van der Waals surface area contributed by atoms with Crippen LogP contribution < -0.4 is 15.8 Å². The Kier molecular flexibility index (Phi) is 8.05. The number of fused-ring (bicyclic) bond motifs is 1. The first-order chi connectivity index (χ1) is 18.4. The van der Waals surface area contributed by atoms with Crippen molar-refractivity contribution in [1.82, 2.24) is 15.2 Å². The van der Waals surface area contributed by atoms with Crippen LogP contribution >= 0.6 is 11.3 Å². The molecular formula is C31H40N4O2S. The van der Waals surface area contributed by atoms with Gasteiger partial charge in [-0.25, -0.2) is 0 Å². The lowest BCUT2D eigenvalue weighted by molar-refractivity contribution is 0.0727. The number of carbonyl (C=O) groups excluding carboxylic acids is 1. The number of benzene rings is 1. The number of aryl methyl sites for hydroxylation is 2. The fourth-order valence-corrected chi connectivity index (χ4v) is 7.64. The van der Waals surface area contributed by atoms with Gasteiger partial charge in [-0.1, -0.05) is 30.3 Å². The van der Waals surface area contributed by atoms with Gasteiger partial charge >= 0.3 is 0 Å². The van der Waals surface area contributed by atoms with Gasteiger partial charge in [0.25, 0.3) is 11.5 Å². The number of thiophene rings is 1. The molecule has 0 radical (unpaired) electrons. The van der Waals surface area contributed by atoms with Crippen molar-refractivity contribution < 1.29 is 4.79 Å². The number of nitrogens with zero attached hydrogens (tertiary/aromatic N) is 2. The Morgan fingerprint density at radius 1 is 1.08 bits per heavy atom. The SMILES string of the molecule is CCN(c1sc2c(c1C)C(=O)N(Cc1c(C)cc(C)[nH]c1=O)CC2)C1CCC(NCc2ccccc2)CC1. The summed E-state index contributed by atoms with van der Waals surface area (Å²) in [4.78, 5) is 34.8. The molecule has 6 nitrogen and oxygen atoms in total. The lowest BCUT2D eigenvalue weighted by atomic mass is 9.89. The summed E-state index contributed by atoms with van der Waals surface area (Å²) in [7, 11) is 0. The van der Waals surface area contributed by atoms with Crippen LogP contribution in [0.2, 0.25) is 0 Å². The highest BCUT2D eigenvalue weighted by Gasteiger charge is 2.34. The molecule has 1 aliphatic heterocycles. The molecule has 1 aromatic carbocycles. The number of rotatable bonds is 8.